The molecule has 2 aromatic carbocycles. The molecule has 1 aliphatic carbocycles. The van der Waals surface area contributed by atoms with Gasteiger partial charge in [0.25, 0.3) is 0 Å². The highest BCUT2D eigenvalue weighted by Gasteiger charge is 2.37. The van der Waals surface area contributed by atoms with Crippen molar-refractivity contribution in [3.05, 3.63) is 72.4 Å². The number of aromatic amines is 1. The summed E-state index contributed by atoms with van der Waals surface area (Å²) in [5.41, 5.74) is 3.64. The number of nitrogens with zero attached hydrogens (tertiary/aromatic N) is 4. The third kappa shape index (κ3) is 4.45. The molecule has 0 unspecified atom stereocenters. The zero-order chi connectivity index (χ0) is 26.7. The van der Waals surface area contributed by atoms with E-state index in [2.05, 4.69) is 15.0 Å². The summed E-state index contributed by atoms with van der Waals surface area (Å²) in [7, 11) is 0. The number of hydrogen-bond donors (Lipinski definition) is 1. The van der Waals surface area contributed by atoms with Crippen molar-refractivity contribution in [2.45, 2.75) is 32.0 Å². The molecule has 1 aliphatic heterocycles. The van der Waals surface area contributed by atoms with E-state index in [-0.39, 0.29) is 17.7 Å². The van der Waals surface area contributed by atoms with Gasteiger partial charge in [0, 0.05) is 48.3 Å². The molecule has 0 bridgehead atoms. The molecule has 1 N–H and O–H groups in total. The van der Waals surface area contributed by atoms with Crippen molar-refractivity contribution in [3.8, 4) is 22.6 Å². The Balaban J connectivity index is 1.24. The first-order chi connectivity index (χ1) is 18.8. The van der Waals surface area contributed by atoms with Crippen LogP contribution in [0.1, 0.15) is 24.8 Å². The highest BCUT2D eigenvalue weighted by Crippen LogP contribution is 2.36. The number of H-pyrrole nitrogens is 1. The Kier molecular flexibility index (Phi) is 5.50. The first kappa shape index (κ1) is 23.9. The summed E-state index contributed by atoms with van der Waals surface area (Å²) in [6, 6.07) is 17.5. The monoisotopic (exact) mass is 529 g/mol. The summed E-state index contributed by atoms with van der Waals surface area (Å²) < 4.78 is 42.4. The van der Waals surface area contributed by atoms with Crippen LogP contribution in [0.2, 0.25) is 0 Å². The second kappa shape index (κ2) is 8.97. The van der Waals surface area contributed by atoms with Gasteiger partial charge in [-0.3, -0.25) is 4.79 Å². The Morgan fingerprint density at radius 1 is 0.949 bits per heavy atom. The number of likely N-dealkylation sites (tertiary alicyclic amines) is 1. The second-order valence-electron chi connectivity index (χ2n) is 10.6. The molecule has 4 heterocycles. The molecule has 39 heavy (non-hydrogen) atoms. The maximum atomic E-state index is 13.5. The van der Waals surface area contributed by atoms with Gasteiger partial charge in [0.05, 0.1) is 22.3 Å². The van der Waals surface area contributed by atoms with Gasteiger partial charge >= 0.3 is 6.18 Å². The number of halogens is 3. The predicted molar refractivity (Wildman–Crippen MR) is 143 cm³/mol. The van der Waals surface area contributed by atoms with Crippen molar-refractivity contribution in [2.24, 2.45) is 11.8 Å². The lowest BCUT2D eigenvalue weighted by Gasteiger charge is -2.18. The summed E-state index contributed by atoms with van der Waals surface area (Å²) in [6.07, 6.45) is 0.223. The average Bonchev–Trinajstić information content (AvgIpc) is 3.33. The Hall–Kier alpha value is -4.14. The molecule has 5 aromatic rings. The van der Waals surface area contributed by atoms with Crippen molar-refractivity contribution in [1.82, 2.24) is 24.4 Å². The average molecular weight is 530 g/mol. The van der Waals surface area contributed by atoms with E-state index in [4.69, 9.17) is 0 Å². The minimum absolute atomic E-state index is 0.180. The van der Waals surface area contributed by atoms with E-state index in [9.17, 15) is 18.0 Å². The van der Waals surface area contributed by atoms with Crippen LogP contribution in [0.25, 0.3) is 44.7 Å². The van der Waals surface area contributed by atoms with Gasteiger partial charge in [0.15, 0.2) is 0 Å². The van der Waals surface area contributed by atoms with Crippen LogP contribution in [-0.4, -0.2) is 43.4 Å². The fourth-order valence-corrected chi connectivity index (χ4v) is 5.62. The standard InChI is InChI=1S/C30H26F3N5O/c31-30(32,33)23-8-10-26-25(15-23)36-28(38(26)17-18-12-14-37(16-18)29(39)22-5-6-22)21-3-1-19(2-4-21)24-9-7-20-11-13-34-27(20)35-24/h1-4,7-11,13,15,18,22H,5-6,12,14,16-17H2,(H,34,35)/t18-/m1/s1. The second-order valence-corrected chi connectivity index (χ2v) is 10.6. The minimum Gasteiger partial charge on any atom is -0.346 e. The van der Waals surface area contributed by atoms with Gasteiger partial charge < -0.3 is 14.5 Å². The number of aromatic nitrogens is 4. The molecule has 2 fully saturated rings. The zero-order valence-electron chi connectivity index (χ0n) is 21.1. The van der Waals surface area contributed by atoms with Crippen LogP contribution in [0.3, 0.4) is 0 Å². The number of imidazole rings is 1. The van der Waals surface area contributed by atoms with Crippen LogP contribution in [0.4, 0.5) is 13.2 Å². The highest BCUT2D eigenvalue weighted by molar-refractivity contribution is 5.83. The number of fused-ring (bicyclic) bond motifs is 2. The molecule has 7 rings (SSSR count). The summed E-state index contributed by atoms with van der Waals surface area (Å²) in [6.45, 7) is 1.98. The summed E-state index contributed by atoms with van der Waals surface area (Å²) in [4.78, 5) is 27.0. The van der Waals surface area contributed by atoms with E-state index >= 15 is 0 Å². The quantitative estimate of drug-likeness (QED) is 0.282. The molecular weight excluding hydrogens is 503 g/mol. The molecule has 1 saturated carbocycles. The maximum absolute atomic E-state index is 13.5. The minimum atomic E-state index is -4.44. The molecular formula is C30H26F3N5O. The van der Waals surface area contributed by atoms with Crippen LogP contribution >= 0.6 is 0 Å². The Morgan fingerprint density at radius 2 is 1.74 bits per heavy atom. The molecule has 0 radical (unpaired) electrons. The normalized spacial score (nSPS) is 17.9. The lowest BCUT2D eigenvalue weighted by molar-refractivity contribution is -0.137. The predicted octanol–water partition coefficient (Wildman–Crippen LogP) is 6.52. The van der Waals surface area contributed by atoms with E-state index in [1.54, 1.807) is 0 Å². The van der Waals surface area contributed by atoms with Crippen LogP contribution in [0.5, 0.6) is 0 Å². The fourth-order valence-electron chi connectivity index (χ4n) is 5.62. The molecule has 3 aromatic heterocycles. The van der Waals surface area contributed by atoms with Crippen molar-refractivity contribution < 1.29 is 18.0 Å². The molecule has 1 atom stereocenters. The SMILES string of the molecule is O=C(C1CC1)N1CC[C@@H](Cn2c(-c3ccc(-c4ccc5cc[nH]c5n4)cc3)nc3cc(C(F)(F)F)ccc32)C1. The molecule has 6 nitrogen and oxygen atoms in total. The van der Waals surface area contributed by atoms with Crippen LogP contribution in [-0.2, 0) is 17.5 Å². The number of carbonyl (C=O) groups is 1. The lowest BCUT2D eigenvalue weighted by atomic mass is 10.1. The van der Waals surface area contributed by atoms with Gasteiger partial charge in [0.2, 0.25) is 5.91 Å². The summed E-state index contributed by atoms with van der Waals surface area (Å²) in [5.74, 6) is 1.25. The lowest BCUT2D eigenvalue weighted by Crippen LogP contribution is -2.30. The molecule has 2 aliphatic rings. The van der Waals surface area contributed by atoms with Gasteiger partial charge in [-0.05, 0) is 61.6 Å². The molecule has 9 heteroatoms. The highest BCUT2D eigenvalue weighted by atomic mass is 19.4. The fraction of sp³-hybridized carbons (Fsp3) is 0.300. The first-order valence-electron chi connectivity index (χ1n) is 13.2. The molecule has 198 valence electrons. The van der Waals surface area contributed by atoms with Gasteiger partial charge in [0.1, 0.15) is 11.5 Å². The van der Waals surface area contributed by atoms with Gasteiger partial charge in [-0.15, -0.1) is 0 Å². The van der Waals surface area contributed by atoms with Gasteiger partial charge in [-0.25, -0.2) is 9.97 Å². The number of hydrogen-bond acceptors (Lipinski definition) is 3. The van der Waals surface area contributed by atoms with Crippen molar-refractivity contribution in [1.29, 1.82) is 0 Å². The smallest absolute Gasteiger partial charge is 0.346 e. The van der Waals surface area contributed by atoms with Crippen molar-refractivity contribution in [3.63, 3.8) is 0 Å². The summed E-state index contributed by atoms with van der Waals surface area (Å²) >= 11 is 0. The third-order valence-electron chi connectivity index (χ3n) is 7.89. The Labute approximate surface area is 222 Å². The number of benzene rings is 2. The topological polar surface area (TPSA) is 66.8 Å². The Morgan fingerprint density at radius 3 is 2.51 bits per heavy atom. The largest absolute Gasteiger partial charge is 0.416 e. The number of carbonyl (C=O) groups excluding carboxylic acids is 1. The van der Waals surface area contributed by atoms with Crippen LogP contribution < -0.4 is 0 Å². The number of alkyl halides is 3. The Bertz CT molecular complexity index is 1700. The molecule has 1 amide bonds. The van der Waals surface area contributed by atoms with E-state index in [0.29, 0.717) is 29.9 Å². The zero-order valence-corrected chi connectivity index (χ0v) is 21.1. The van der Waals surface area contributed by atoms with E-state index in [1.807, 2.05) is 58.1 Å². The molecule has 1 saturated heterocycles. The number of rotatable bonds is 5. The maximum Gasteiger partial charge on any atom is 0.416 e. The molecule has 0 spiro atoms. The van der Waals surface area contributed by atoms with E-state index in [0.717, 1.165) is 65.8 Å². The third-order valence-corrected chi connectivity index (χ3v) is 7.89. The van der Waals surface area contributed by atoms with E-state index < -0.39 is 11.7 Å². The van der Waals surface area contributed by atoms with Crippen molar-refractivity contribution in [2.75, 3.05) is 13.1 Å². The van der Waals surface area contributed by atoms with Crippen LogP contribution in [0, 0.1) is 11.8 Å². The van der Waals surface area contributed by atoms with E-state index in [1.165, 1.54) is 6.07 Å². The number of nitrogens with one attached hydrogen (secondary N) is 1. The van der Waals surface area contributed by atoms with Gasteiger partial charge in [-0.1, -0.05) is 24.3 Å². The van der Waals surface area contributed by atoms with Gasteiger partial charge in [-0.2, -0.15) is 13.2 Å². The summed E-state index contributed by atoms with van der Waals surface area (Å²) in [5, 5.41) is 1.03. The first-order valence-corrected chi connectivity index (χ1v) is 13.2. The van der Waals surface area contributed by atoms with Crippen molar-refractivity contribution >= 4 is 28.0 Å². The number of amides is 1. The van der Waals surface area contributed by atoms with Crippen LogP contribution in [0.15, 0.2) is 66.9 Å². The number of pyridine rings is 1.